The molecule has 0 spiro atoms. The highest BCUT2D eigenvalue weighted by molar-refractivity contribution is 5.76. The monoisotopic (exact) mass is 172 g/mol. The van der Waals surface area contributed by atoms with Crippen molar-refractivity contribution in [3.05, 3.63) is 0 Å². The van der Waals surface area contributed by atoms with Gasteiger partial charge < -0.3 is 10.1 Å². The molecule has 4 heteroatoms. The predicted molar refractivity (Wildman–Crippen MR) is 45.8 cm³/mol. The third-order valence-corrected chi connectivity index (χ3v) is 1.80. The van der Waals surface area contributed by atoms with Crippen molar-refractivity contribution < 1.29 is 9.53 Å². The smallest absolute Gasteiger partial charge is 0.319 e. The lowest BCUT2D eigenvalue weighted by Crippen LogP contribution is -2.39. The van der Waals surface area contributed by atoms with E-state index < -0.39 is 0 Å². The maximum absolute atomic E-state index is 11.1. The van der Waals surface area contributed by atoms with Gasteiger partial charge in [-0.05, 0) is 20.8 Å². The van der Waals surface area contributed by atoms with Crippen LogP contribution in [-0.2, 0) is 4.74 Å². The van der Waals surface area contributed by atoms with Crippen LogP contribution >= 0.6 is 0 Å². The van der Waals surface area contributed by atoms with Crippen LogP contribution in [0.5, 0.6) is 0 Å². The number of nitrogens with zero attached hydrogens (tertiary/aromatic N) is 1. The molecule has 0 aliphatic carbocycles. The van der Waals surface area contributed by atoms with E-state index in [-0.39, 0.29) is 18.4 Å². The van der Waals surface area contributed by atoms with Gasteiger partial charge >= 0.3 is 6.03 Å². The lowest BCUT2D eigenvalue weighted by molar-refractivity contribution is -0.0502. The first-order valence-electron chi connectivity index (χ1n) is 4.31. The molecule has 12 heavy (non-hydrogen) atoms. The second-order valence-electron chi connectivity index (χ2n) is 3.21. The maximum Gasteiger partial charge on any atom is 0.319 e. The Morgan fingerprint density at radius 3 is 2.58 bits per heavy atom. The lowest BCUT2D eigenvalue weighted by Gasteiger charge is -2.24. The van der Waals surface area contributed by atoms with E-state index in [1.54, 1.807) is 4.90 Å². The molecule has 4 nitrogen and oxygen atoms in total. The largest absolute Gasteiger partial charge is 0.356 e. The minimum atomic E-state index is -0.118. The molecule has 1 saturated heterocycles. The Labute approximate surface area is 72.9 Å². The normalized spacial score (nSPS) is 20.0. The molecule has 0 radical (unpaired) electrons. The van der Waals surface area contributed by atoms with Crippen molar-refractivity contribution in [2.75, 3.05) is 13.1 Å². The van der Waals surface area contributed by atoms with Gasteiger partial charge in [0.25, 0.3) is 0 Å². The minimum absolute atomic E-state index is 0.0249. The molecule has 0 aromatic carbocycles. The number of nitrogens with one attached hydrogen (secondary N) is 1. The van der Waals surface area contributed by atoms with Crippen molar-refractivity contribution in [1.82, 2.24) is 10.2 Å². The highest BCUT2D eigenvalue weighted by atomic mass is 16.5. The molecular weight excluding hydrogens is 156 g/mol. The second kappa shape index (κ2) is 3.76. The van der Waals surface area contributed by atoms with Crippen LogP contribution in [0.3, 0.4) is 0 Å². The molecule has 1 aliphatic heterocycles. The van der Waals surface area contributed by atoms with Gasteiger partial charge in [0.15, 0.2) is 0 Å². The fraction of sp³-hybridized carbons (Fsp3) is 0.875. The molecular formula is C8H16N2O2. The van der Waals surface area contributed by atoms with E-state index in [9.17, 15) is 4.79 Å². The topological polar surface area (TPSA) is 41.6 Å². The number of hydrogen-bond donors (Lipinski definition) is 1. The van der Waals surface area contributed by atoms with Crippen LogP contribution in [-0.4, -0.2) is 36.4 Å². The van der Waals surface area contributed by atoms with Gasteiger partial charge in [-0.1, -0.05) is 0 Å². The number of ether oxygens (including phenoxy) is 1. The molecule has 1 N–H and O–H groups in total. The molecule has 1 heterocycles. The van der Waals surface area contributed by atoms with Crippen molar-refractivity contribution in [3.8, 4) is 0 Å². The van der Waals surface area contributed by atoms with E-state index in [4.69, 9.17) is 4.74 Å². The molecule has 1 fully saturated rings. The van der Waals surface area contributed by atoms with Gasteiger partial charge in [0.1, 0.15) is 6.23 Å². The van der Waals surface area contributed by atoms with Gasteiger partial charge in [-0.25, -0.2) is 4.79 Å². The predicted octanol–water partition coefficient (Wildman–Crippen LogP) is 0.783. The third kappa shape index (κ3) is 2.11. The zero-order valence-corrected chi connectivity index (χ0v) is 7.83. The highest BCUT2D eigenvalue weighted by Crippen LogP contribution is 2.07. The Hall–Kier alpha value is -0.770. The molecule has 0 aromatic heterocycles. The fourth-order valence-corrected chi connectivity index (χ4v) is 1.30. The Balaban J connectivity index is 2.40. The third-order valence-electron chi connectivity index (χ3n) is 1.80. The molecule has 0 saturated carbocycles. The lowest BCUT2D eigenvalue weighted by atomic mass is 10.4. The molecule has 1 atom stereocenters. The van der Waals surface area contributed by atoms with Crippen LogP contribution in [0.15, 0.2) is 0 Å². The summed E-state index contributed by atoms with van der Waals surface area (Å²) < 4.78 is 5.47. The minimum Gasteiger partial charge on any atom is -0.356 e. The summed E-state index contributed by atoms with van der Waals surface area (Å²) >= 11 is 0. The van der Waals surface area contributed by atoms with Crippen LogP contribution in [0.4, 0.5) is 4.79 Å². The summed E-state index contributed by atoms with van der Waals surface area (Å²) in [5, 5.41) is 2.73. The summed E-state index contributed by atoms with van der Waals surface area (Å²) in [6.07, 6.45) is 0.0425. The summed E-state index contributed by atoms with van der Waals surface area (Å²) in [6, 6.07) is -0.0249. The number of urea groups is 1. The number of rotatable bonds is 3. The van der Waals surface area contributed by atoms with Crippen LogP contribution in [0.25, 0.3) is 0 Å². The number of carbonyl (C=O) groups excluding carboxylic acids is 1. The second-order valence-corrected chi connectivity index (χ2v) is 3.21. The van der Waals surface area contributed by atoms with E-state index >= 15 is 0 Å². The van der Waals surface area contributed by atoms with Gasteiger partial charge in [0.2, 0.25) is 0 Å². The van der Waals surface area contributed by atoms with Crippen molar-refractivity contribution >= 4 is 6.03 Å². The standard InChI is InChI=1S/C8H16N2O2/c1-6(2)12-7(3)10-5-4-9-8(10)11/h6-7H,4-5H2,1-3H3,(H,9,11). The molecule has 0 bridgehead atoms. The Morgan fingerprint density at radius 1 is 1.50 bits per heavy atom. The van der Waals surface area contributed by atoms with Gasteiger partial charge in [0.05, 0.1) is 6.10 Å². The van der Waals surface area contributed by atoms with Crippen molar-refractivity contribution in [1.29, 1.82) is 0 Å². The van der Waals surface area contributed by atoms with Crippen LogP contribution < -0.4 is 5.32 Å². The first kappa shape index (κ1) is 9.32. The maximum atomic E-state index is 11.1. The Morgan fingerprint density at radius 2 is 2.17 bits per heavy atom. The summed E-state index contributed by atoms with van der Waals surface area (Å²) in [5.74, 6) is 0. The molecule has 70 valence electrons. The average Bonchev–Trinajstić information content (AvgIpc) is 2.33. The molecule has 1 aliphatic rings. The number of carbonyl (C=O) groups is 1. The van der Waals surface area contributed by atoms with Gasteiger partial charge in [-0.2, -0.15) is 0 Å². The van der Waals surface area contributed by atoms with E-state index in [0.717, 1.165) is 13.1 Å². The quantitative estimate of drug-likeness (QED) is 0.683. The van der Waals surface area contributed by atoms with Crippen molar-refractivity contribution in [2.24, 2.45) is 0 Å². The van der Waals surface area contributed by atoms with Crippen molar-refractivity contribution in [2.45, 2.75) is 33.1 Å². The van der Waals surface area contributed by atoms with E-state index in [1.165, 1.54) is 0 Å². The van der Waals surface area contributed by atoms with Crippen molar-refractivity contribution in [3.63, 3.8) is 0 Å². The molecule has 2 amide bonds. The zero-order valence-electron chi connectivity index (χ0n) is 7.83. The summed E-state index contributed by atoms with van der Waals surface area (Å²) in [6.45, 7) is 7.29. The van der Waals surface area contributed by atoms with Crippen LogP contribution in [0, 0.1) is 0 Å². The van der Waals surface area contributed by atoms with Crippen LogP contribution in [0.2, 0.25) is 0 Å². The van der Waals surface area contributed by atoms with Gasteiger partial charge in [-0.3, -0.25) is 4.90 Å². The number of amides is 2. The Kier molecular flexibility index (Phi) is 2.92. The van der Waals surface area contributed by atoms with Gasteiger partial charge in [-0.15, -0.1) is 0 Å². The molecule has 1 unspecified atom stereocenters. The number of hydrogen-bond acceptors (Lipinski definition) is 2. The highest BCUT2D eigenvalue weighted by Gasteiger charge is 2.25. The summed E-state index contributed by atoms with van der Waals surface area (Å²) in [5.41, 5.74) is 0. The first-order chi connectivity index (χ1) is 5.61. The SMILES string of the molecule is CC(C)OC(C)N1CCNC1=O. The molecule has 0 aromatic rings. The zero-order chi connectivity index (χ0) is 9.14. The van der Waals surface area contributed by atoms with E-state index in [1.807, 2.05) is 20.8 Å². The average molecular weight is 172 g/mol. The summed E-state index contributed by atoms with van der Waals surface area (Å²) in [4.78, 5) is 12.8. The first-order valence-corrected chi connectivity index (χ1v) is 4.31. The summed E-state index contributed by atoms with van der Waals surface area (Å²) in [7, 11) is 0. The van der Waals surface area contributed by atoms with E-state index in [2.05, 4.69) is 5.32 Å². The van der Waals surface area contributed by atoms with Gasteiger partial charge in [0, 0.05) is 13.1 Å². The van der Waals surface area contributed by atoms with Crippen LogP contribution in [0.1, 0.15) is 20.8 Å². The Bertz CT molecular complexity index is 170. The molecule has 1 rings (SSSR count). The van der Waals surface area contributed by atoms with E-state index in [0.29, 0.717) is 0 Å². The fourth-order valence-electron chi connectivity index (χ4n) is 1.30.